The van der Waals surface area contributed by atoms with E-state index in [1.165, 1.54) is 41.9 Å². The molecule has 1 N–H and O–H groups in total. The maximum Gasteiger partial charge on any atom is 0.416 e. The van der Waals surface area contributed by atoms with E-state index in [-0.39, 0.29) is 29.3 Å². The van der Waals surface area contributed by atoms with E-state index in [1.54, 1.807) is 6.07 Å². The van der Waals surface area contributed by atoms with Gasteiger partial charge in [0.05, 0.1) is 38.3 Å². The number of ether oxygens (including phenoxy) is 1. The second kappa shape index (κ2) is 8.33. The average Bonchev–Trinajstić information content (AvgIpc) is 3.06. The van der Waals surface area contributed by atoms with Gasteiger partial charge in [0.25, 0.3) is 0 Å². The summed E-state index contributed by atoms with van der Waals surface area (Å²) in [6.07, 6.45) is 2.64. The molecule has 180 valence electrons. The molecule has 0 spiro atoms. The molecule has 1 aromatic carbocycles. The van der Waals surface area contributed by atoms with Gasteiger partial charge < -0.3 is 14.5 Å². The van der Waals surface area contributed by atoms with Crippen LogP contribution in [0.4, 0.5) is 18.9 Å². The van der Waals surface area contributed by atoms with E-state index < -0.39 is 11.7 Å². The Morgan fingerprint density at radius 1 is 1.24 bits per heavy atom. The topological polar surface area (TPSA) is 34.0 Å². The summed E-state index contributed by atoms with van der Waals surface area (Å²) in [5.74, 6) is 0.556. The Labute approximate surface area is 193 Å². The first-order chi connectivity index (χ1) is 15.6. The van der Waals surface area contributed by atoms with Gasteiger partial charge in [-0.3, -0.25) is 4.79 Å². The molecular weight excluding hydrogens is 429 g/mol. The molecule has 33 heavy (non-hydrogen) atoms. The molecule has 0 aromatic heterocycles. The van der Waals surface area contributed by atoms with Gasteiger partial charge in [0, 0.05) is 11.6 Å². The number of nitrogens with one attached hydrogen (secondary N) is 1. The van der Waals surface area contributed by atoms with Crippen LogP contribution < -0.4 is 9.80 Å². The largest absolute Gasteiger partial charge is 0.461 e. The first-order valence-electron chi connectivity index (χ1n) is 12.3. The number of quaternary nitrogens is 1. The maximum atomic E-state index is 13.1. The van der Waals surface area contributed by atoms with E-state index in [2.05, 4.69) is 19.9 Å². The minimum absolute atomic E-state index is 0.00709. The fraction of sp³-hybridized carbons (Fsp3) is 0.654. The molecule has 0 bridgehead atoms. The van der Waals surface area contributed by atoms with Crippen molar-refractivity contribution >= 4 is 11.7 Å². The van der Waals surface area contributed by atoms with Crippen molar-refractivity contribution in [3.8, 4) is 0 Å². The molecule has 0 unspecified atom stereocenters. The van der Waals surface area contributed by atoms with E-state index in [4.69, 9.17) is 4.74 Å². The number of fused-ring (bicyclic) bond motifs is 2. The van der Waals surface area contributed by atoms with Gasteiger partial charge in [0.1, 0.15) is 12.0 Å². The molecule has 1 aromatic rings. The van der Waals surface area contributed by atoms with Gasteiger partial charge in [-0.1, -0.05) is 38.0 Å². The summed E-state index contributed by atoms with van der Waals surface area (Å²) in [6, 6.07) is 5.57. The Kier molecular flexibility index (Phi) is 5.74. The minimum atomic E-state index is -4.33. The summed E-state index contributed by atoms with van der Waals surface area (Å²) in [7, 11) is 0. The molecule has 2 heterocycles. The molecule has 2 aliphatic heterocycles. The Morgan fingerprint density at radius 2 is 2.00 bits per heavy atom. The molecule has 0 radical (unpaired) electrons. The van der Waals surface area contributed by atoms with Crippen molar-refractivity contribution in [3.63, 3.8) is 0 Å². The van der Waals surface area contributed by atoms with Crippen LogP contribution in [0, 0.1) is 23.2 Å². The van der Waals surface area contributed by atoms with Crippen molar-refractivity contribution in [3.05, 3.63) is 41.5 Å². The van der Waals surface area contributed by atoms with Gasteiger partial charge in [-0.15, -0.1) is 0 Å². The van der Waals surface area contributed by atoms with Crippen LogP contribution in [0.3, 0.4) is 0 Å². The van der Waals surface area contributed by atoms with Crippen molar-refractivity contribution in [2.24, 2.45) is 23.2 Å². The van der Waals surface area contributed by atoms with Crippen LogP contribution in [0.25, 0.3) is 0 Å². The highest BCUT2D eigenvalue weighted by Gasteiger charge is 2.52. The number of allylic oxidation sites excluding steroid dienone is 1. The number of rotatable bonds is 3. The van der Waals surface area contributed by atoms with Crippen molar-refractivity contribution in [1.29, 1.82) is 0 Å². The lowest BCUT2D eigenvalue weighted by molar-refractivity contribution is -0.903. The number of carbonyl (C=O) groups excluding carboxylic acids is 1. The molecular formula is C26H34F3N2O2+. The van der Waals surface area contributed by atoms with E-state index in [1.807, 2.05) is 4.90 Å². The summed E-state index contributed by atoms with van der Waals surface area (Å²) in [5, 5.41) is 0. The molecule has 7 heteroatoms. The zero-order valence-corrected chi connectivity index (χ0v) is 19.5. The van der Waals surface area contributed by atoms with E-state index >= 15 is 0 Å². The smallest absolute Gasteiger partial charge is 0.416 e. The van der Waals surface area contributed by atoms with Crippen LogP contribution in [-0.2, 0) is 15.7 Å². The van der Waals surface area contributed by atoms with Crippen LogP contribution in [-0.4, -0.2) is 44.8 Å². The quantitative estimate of drug-likeness (QED) is 0.548. The van der Waals surface area contributed by atoms with Crippen LogP contribution in [0.5, 0.6) is 0 Å². The standard InChI is InChI=1S/C26H33F3N2O2/c1-17-5-4-8-25(2)15-23-20(14-22(17)25)21(24(32)33-23)16-30-9-11-31(12-10-30)19-7-3-6-18(13-19)26(27,28)29/h3,6-7,13-14,17,20-21,23H,4-5,8-12,15-16H2,1-2H3/p+1/t17-,20+,21+,23+,25+/m1/s1. The molecule has 2 aliphatic carbocycles. The summed E-state index contributed by atoms with van der Waals surface area (Å²) in [5.41, 5.74) is 1.70. The molecule has 4 nitrogen and oxygen atoms in total. The normalized spacial score (nSPS) is 35.0. The van der Waals surface area contributed by atoms with Gasteiger partial charge in [-0.25, -0.2) is 0 Å². The molecule has 0 amide bonds. The summed E-state index contributed by atoms with van der Waals surface area (Å²) in [6.45, 7) is 8.37. The van der Waals surface area contributed by atoms with Crippen LogP contribution in [0.15, 0.2) is 35.9 Å². The Balaban J connectivity index is 1.24. The highest BCUT2D eigenvalue weighted by molar-refractivity contribution is 5.76. The number of benzene rings is 1. The Hall–Kier alpha value is -2.02. The SMILES string of the molecule is C[C@@H]1CCC[C@@]2(C)C[C@@H]3OC(=O)[C@@H](C[NH+]4CCN(c5cccc(C(F)(F)F)c5)CC4)[C@@H]3C=C12. The number of carbonyl (C=O) groups is 1. The van der Waals surface area contributed by atoms with Crippen LogP contribution >= 0.6 is 0 Å². The number of anilines is 1. The van der Waals surface area contributed by atoms with Crippen molar-refractivity contribution in [1.82, 2.24) is 0 Å². The van der Waals surface area contributed by atoms with Crippen LogP contribution in [0.2, 0.25) is 0 Å². The predicted octanol–water partition coefficient (Wildman–Crippen LogP) is 3.72. The molecule has 4 aliphatic rings. The monoisotopic (exact) mass is 463 g/mol. The summed E-state index contributed by atoms with van der Waals surface area (Å²) >= 11 is 0. The van der Waals surface area contributed by atoms with Gasteiger partial charge in [-0.2, -0.15) is 13.2 Å². The first-order valence-corrected chi connectivity index (χ1v) is 12.3. The van der Waals surface area contributed by atoms with Crippen molar-refractivity contribution < 1.29 is 27.6 Å². The second-order valence-electron chi connectivity index (χ2n) is 10.8. The third-order valence-electron chi connectivity index (χ3n) is 8.60. The summed E-state index contributed by atoms with van der Waals surface area (Å²) in [4.78, 5) is 16.2. The highest BCUT2D eigenvalue weighted by atomic mass is 19.4. The summed E-state index contributed by atoms with van der Waals surface area (Å²) < 4.78 is 45.1. The van der Waals surface area contributed by atoms with Crippen LogP contribution in [0.1, 0.15) is 45.1 Å². The number of halogens is 3. The van der Waals surface area contributed by atoms with Gasteiger partial charge in [0.2, 0.25) is 0 Å². The number of esters is 1. The Bertz CT molecular complexity index is 938. The molecule has 1 saturated carbocycles. The van der Waals surface area contributed by atoms with Gasteiger partial charge in [0.15, 0.2) is 0 Å². The van der Waals surface area contributed by atoms with Gasteiger partial charge in [-0.05, 0) is 48.8 Å². The number of alkyl halides is 3. The van der Waals surface area contributed by atoms with Crippen molar-refractivity contribution in [2.75, 3.05) is 37.6 Å². The first kappa shape index (κ1) is 22.8. The van der Waals surface area contributed by atoms with Crippen molar-refractivity contribution in [2.45, 2.75) is 51.8 Å². The number of nitrogens with zero attached hydrogens (tertiary/aromatic N) is 1. The Morgan fingerprint density at radius 3 is 2.73 bits per heavy atom. The maximum absolute atomic E-state index is 13.1. The van der Waals surface area contributed by atoms with Gasteiger partial charge >= 0.3 is 12.1 Å². The lowest BCUT2D eigenvalue weighted by atomic mass is 9.59. The predicted molar refractivity (Wildman–Crippen MR) is 120 cm³/mol. The molecule has 2 saturated heterocycles. The molecule has 5 rings (SSSR count). The third kappa shape index (κ3) is 4.29. The number of hydrogen-bond donors (Lipinski definition) is 1. The average molecular weight is 464 g/mol. The van der Waals surface area contributed by atoms with E-state index in [0.29, 0.717) is 24.7 Å². The van der Waals surface area contributed by atoms with E-state index in [9.17, 15) is 18.0 Å². The lowest BCUT2D eigenvalue weighted by Gasteiger charge is -2.46. The number of hydrogen-bond acceptors (Lipinski definition) is 3. The zero-order chi connectivity index (χ0) is 23.4. The number of piperazine rings is 1. The fourth-order valence-corrected chi connectivity index (χ4v) is 6.76. The third-order valence-corrected chi connectivity index (χ3v) is 8.60. The minimum Gasteiger partial charge on any atom is -0.461 e. The van der Waals surface area contributed by atoms with E-state index in [0.717, 1.165) is 32.1 Å². The molecule has 5 atom stereocenters. The zero-order valence-electron chi connectivity index (χ0n) is 19.5. The second-order valence-corrected chi connectivity index (χ2v) is 10.8. The fourth-order valence-electron chi connectivity index (χ4n) is 6.76. The lowest BCUT2D eigenvalue weighted by Crippen LogP contribution is -3.15. The molecule has 3 fully saturated rings. The highest BCUT2D eigenvalue weighted by Crippen LogP contribution is 2.53.